The Bertz CT molecular complexity index is 662. The van der Waals surface area contributed by atoms with Gasteiger partial charge in [-0.3, -0.25) is 10.1 Å². The molecule has 0 fully saturated rings. The maximum atomic E-state index is 12.0. The van der Waals surface area contributed by atoms with Gasteiger partial charge in [-0.05, 0) is 16.9 Å². The van der Waals surface area contributed by atoms with Gasteiger partial charge >= 0.3 is 0 Å². The van der Waals surface area contributed by atoms with E-state index >= 15 is 0 Å². The summed E-state index contributed by atoms with van der Waals surface area (Å²) >= 11 is 13.3. The summed E-state index contributed by atoms with van der Waals surface area (Å²) in [4.78, 5) is 13.2. The topological polar surface area (TPSA) is 46.9 Å². The molecule has 0 aromatic carbocycles. The minimum absolute atomic E-state index is 0.00287. The molecule has 2 heterocycles. The van der Waals surface area contributed by atoms with Gasteiger partial charge in [0.05, 0.1) is 17.9 Å². The number of nitrogens with zero attached hydrogens (tertiary/aromatic N) is 2. The highest BCUT2D eigenvalue weighted by Crippen LogP contribution is 2.35. The fourth-order valence-corrected chi connectivity index (χ4v) is 3.34. The van der Waals surface area contributed by atoms with E-state index in [0.717, 1.165) is 0 Å². The fourth-order valence-electron chi connectivity index (χ4n) is 2.02. The number of rotatable bonds is 4. The molecule has 2 aromatic rings. The summed E-state index contributed by atoms with van der Waals surface area (Å²) in [6.45, 7) is 6.72. The molecule has 0 amide bonds. The Balaban J connectivity index is 2.21. The zero-order valence-electron chi connectivity index (χ0n) is 12.1. The monoisotopic (exact) mass is 345 g/mol. The molecule has 0 spiro atoms. The Morgan fingerprint density at radius 1 is 1.43 bits per heavy atom. The lowest BCUT2D eigenvalue weighted by Gasteiger charge is -2.31. The molecule has 2 rings (SSSR count). The van der Waals surface area contributed by atoms with Gasteiger partial charge in [-0.1, -0.05) is 50.0 Å². The molecule has 0 aliphatic heterocycles. The molecule has 2 aromatic heterocycles. The SMILES string of the molecule is CC(C)(C)[C@@H](NCn1ncc(Cl)c(Cl)c1=O)c1cccs1. The third-order valence-electron chi connectivity index (χ3n) is 3.08. The maximum absolute atomic E-state index is 12.0. The van der Waals surface area contributed by atoms with E-state index in [4.69, 9.17) is 23.2 Å². The second-order valence-electron chi connectivity index (χ2n) is 5.79. The number of nitrogens with one attached hydrogen (secondary N) is 1. The minimum Gasteiger partial charge on any atom is -0.290 e. The molecule has 0 radical (unpaired) electrons. The molecule has 0 unspecified atom stereocenters. The number of halogens is 2. The number of hydrogen-bond acceptors (Lipinski definition) is 4. The van der Waals surface area contributed by atoms with Crippen LogP contribution in [0.5, 0.6) is 0 Å². The van der Waals surface area contributed by atoms with Gasteiger partial charge in [-0.15, -0.1) is 11.3 Å². The molecule has 114 valence electrons. The number of aromatic nitrogens is 2. The van der Waals surface area contributed by atoms with E-state index in [0.29, 0.717) is 0 Å². The second kappa shape index (κ2) is 6.48. The molecule has 4 nitrogen and oxygen atoms in total. The predicted octanol–water partition coefficient (Wildman–Crippen LogP) is 3.95. The first-order chi connectivity index (χ1) is 9.80. The number of hydrogen-bond donors (Lipinski definition) is 1. The lowest BCUT2D eigenvalue weighted by molar-refractivity contribution is 0.253. The molecule has 7 heteroatoms. The van der Waals surface area contributed by atoms with Gasteiger partial charge < -0.3 is 0 Å². The maximum Gasteiger partial charge on any atom is 0.288 e. The Hall–Kier alpha value is -0.880. The van der Waals surface area contributed by atoms with Gasteiger partial charge in [0.15, 0.2) is 0 Å². The predicted molar refractivity (Wildman–Crippen MR) is 88.2 cm³/mol. The highest BCUT2D eigenvalue weighted by molar-refractivity contribution is 7.10. The average molecular weight is 346 g/mol. The normalized spacial score (nSPS) is 13.4. The van der Waals surface area contributed by atoms with Crippen molar-refractivity contribution >= 4 is 34.5 Å². The Labute approximate surface area is 137 Å². The minimum atomic E-state index is -0.393. The summed E-state index contributed by atoms with van der Waals surface area (Å²) < 4.78 is 1.28. The van der Waals surface area contributed by atoms with Crippen molar-refractivity contribution in [3.63, 3.8) is 0 Å². The molecule has 21 heavy (non-hydrogen) atoms. The lowest BCUT2D eigenvalue weighted by Crippen LogP contribution is -2.37. The van der Waals surface area contributed by atoms with E-state index in [1.54, 1.807) is 11.3 Å². The van der Waals surface area contributed by atoms with Crippen LogP contribution in [-0.2, 0) is 6.67 Å². The number of thiophene rings is 1. The van der Waals surface area contributed by atoms with Crippen LogP contribution in [0, 0.1) is 5.41 Å². The molecular weight excluding hydrogens is 329 g/mol. The van der Waals surface area contributed by atoms with Crippen molar-refractivity contribution in [2.45, 2.75) is 33.5 Å². The van der Waals surface area contributed by atoms with Gasteiger partial charge in [-0.25, -0.2) is 4.68 Å². The summed E-state index contributed by atoms with van der Waals surface area (Å²) in [5, 5.41) is 9.59. The van der Waals surface area contributed by atoms with Gasteiger partial charge in [0, 0.05) is 10.9 Å². The van der Waals surface area contributed by atoms with E-state index in [1.165, 1.54) is 15.8 Å². The summed E-state index contributed by atoms with van der Waals surface area (Å²) in [7, 11) is 0. The van der Waals surface area contributed by atoms with Crippen LogP contribution in [0.4, 0.5) is 0 Å². The van der Waals surface area contributed by atoms with E-state index in [1.807, 2.05) is 11.4 Å². The quantitative estimate of drug-likeness (QED) is 0.912. The second-order valence-corrected chi connectivity index (χ2v) is 7.55. The van der Waals surface area contributed by atoms with Crippen LogP contribution in [0.2, 0.25) is 10.0 Å². The van der Waals surface area contributed by atoms with Crippen molar-refractivity contribution in [1.82, 2.24) is 15.1 Å². The van der Waals surface area contributed by atoms with E-state index in [-0.39, 0.29) is 28.2 Å². The molecular formula is C14H17Cl2N3OS. The zero-order chi connectivity index (χ0) is 15.6. The lowest BCUT2D eigenvalue weighted by atomic mass is 9.86. The molecule has 0 aliphatic rings. The first-order valence-corrected chi connectivity index (χ1v) is 8.12. The van der Waals surface area contributed by atoms with E-state index in [2.05, 4.69) is 37.3 Å². The standard InChI is InChI=1S/C14H17Cl2N3OS/c1-14(2,3)12(10-5-4-6-21-10)17-8-19-13(20)11(16)9(15)7-18-19/h4-7,12,17H,8H2,1-3H3/t12-/m0/s1. The highest BCUT2D eigenvalue weighted by Gasteiger charge is 2.26. The molecule has 1 atom stereocenters. The van der Waals surface area contributed by atoms with Gasteiger partial charge in [0.2, 0.25) is 0 Å². The summed E-state index contributed by atoms with van der Waals surface area (Å²) in [5.74, 6) is 0. The van der Waals surface area contributed by atoms with Crippen molar-refractivity contribution in [2.24, 2.45) is 5.41 Å². The highest BCUT2D eigenvalue weighted by atomic mass is 35.5. The van der Waals surface area contributed by atoms with Gasteiger partial charge in [0.1, 0.15) is 5.02 Å². The molecule has 0 saturated heterocycles. The van der Waals surface area contributed by atoms with Crippen LogP contribution >= 0.6 is 34.5 Å². The summed E-state index contributed by atoms with van der Waals surface area (Å²) in [6, 6.07) is 4.21. The van der Waals surface area contributed by atoms with E-state index in [9.17, 15) is 4.79 Å². The van der Waals surface area contributed by atoms with Crippen LogP contribution in [0.15, 0.2) is 28.5 Å². The van der Waals surface area contributed by atoms with Gasteiger partial charge in [0.25, 0.3) is 5.56 Å². The van der Waals surface area contributed by atoms with Crippen LogP contribution in [0.25, 0.3) is 0 Å². The largest absolute Gasteiger partial charge is 0.290 e. The smallest absolute Gasteiger partial charge is 0.288 e. The van der Waals surface area contributed by atoms with Crippen LogP contribution < -0.4 is 10.9 Å². The van der Waals surface area contributed by atoms with Crippen molar-refractivity contribution < 1.29 is 0 Å². The van der Waals surface area contributed by atoms with Crippen molar-refractivity contribution in [1.29, 1.82) is 0 Å². The Morgan fingerprint density at radius 2 is 2.14 bits per heavy atom. The summed E-state index contributed by atoms with van der Waals surface area (Å²) in [6.07, 6.45) is 1.38. The van der Waals surface area contributed by atoms with Gasteiger partial charge in [-0.2, -0.15) is 5.10 Å². The van der Waals surface area contributed by atoms with E-state index < -0.39 is 5.56 Å². The average Bonchev–Trinajstić information content (AvgIpc) is 2.91. The van der Waals surface area contributed by atoms with Crippen molar-refractivity contribution in [2.75, 3.05) is 0 Å². The first kappa shape index (κ1) is 16.5. The molecule has 0 saturated carbocycles. The van der Waals surface area contributed by atoms with Crippen LogP contribution in [0.3, 0.4) is 0 Å². The third-order valence-corrected chi connectivity index (χ3v) is 4.77. The zero-order valence-corrected chi connectivity index (χ0v) is 14.4. The molecule has 1 N–H and O–H groups in total. The summed E-state index contributed by atoms with van der Waals surface area (Å²) in [5.41, 5.74) is -0.388. The van der Waals surface area contributed by atoms with Crippen molar-refractivity contribution in [3.05, 3.63) is 49.0 Å². The Morgan fingerprint density at radius 3 is 2.71 bits per heavy atom. The molecule has 0 aliphatic carbocycles. The van der Waals surface area contributed by atoms with Crippen molar-refractivity contribution in [3.8, 4) is 0 Å². The Kier molecular flexibility index (Phi) is 5.09. The molecule has 0 bridgehead atoms. The van der Waals surface area contributed by atoms with Crippen LogP contribution in [0.1, 0.15) is 31.7 Å². The third kappa shape index (κ3) is 3.86. The first-order valence-electron chi connectivity index (χ1n) is 6.48. The fraction of sp³-hybridized carbons (Fsp3) is 0.429. The van der Waals surface area contributed by atoms with Crippen LogP contribution in [-0.4, -0.2) is 9.78 Å².